The predicted molar refractivity (Wildman–Crippen MR) is 80.0 cm³/mol. The van der Waals surface area contributed by atoms with Gasteiger partial charge in [0, 0.05) is 22.2 Å². The first-order valence-electron chi connectivity index (χ1n) is 5.66. The predicted octanol–water partition coefficient (Wildman–Crippen LogP) is 3.03. The van der Waals surface area contributed by atoms with E-state index in [0.717, 1.165) is 16.8 Å². The monoisotopic (exact) mass is 377 g/mol. The summed E-state index contributed by atoms with van der Waals surface area (Å²) in [6.07, 6.45) is 0.215. The fourth-order valence-corrected chi connectivity index (χ4v) is 2.65. The van der Waals surface area contributed by atoms with Crippen LogP contribution in [0.15, 0.2) is 12.1 Å². The van der Waals surface area contributed by atoms with E-state index in [1.807, 2.05) is 26.0 Å². The Labute approximate surface area is 125 Å². The third-order valence-corrected chi connectivity index (χ3v) is 5.19. The zero-order valence-corrected chi connectivity index (χ0v) is 13.1. The van der Waals surface area contributed by atoms with Crippen LogP contribution < -0.4 is 4.90 Å². The molecule has 0 unspecified atom stereocenters. The molecule has 1 amide bonds. The Hall–Kier alpha value is -0.620. The molecule has 96 valence electrons. The first-order valence-corrected chi connectivity index (χ1v) is 7.12. The smallest absolute Gasteiger partial charge is 0.227 e. The summed E-state index contributed by atoms with van der Waals surface area (Å²) in [6.45, 7) is 4.42. The Morgan fingerprint density at radius 3 is 2.39 bits per heavy atom. The van der Waals surface area contributed by atoms with E-state index in [2.05, 4.69) is 22.6 Å². The largest absolute Gasteiger partial charge is 0.312 e. The van der Waals surface area contributed by atoms with Gasteiger partial charge in [-0.2, -0.15) is 0 Å². The van der Waals surface area contributed by atoms with Crippen LogP contribution in [0.2, 0.25) is 0 Å². The molecule has 5 heteroatoms. The van der Waals surface area contributed by atoms with E-state index in [4.69, 9.17) is 11.6 Å². The van der Waals surface area contributed by atoms with Crippen molar-refractivity contribution in [3.63, 3.8) is 0 Å². The fourth-order valence-electron chi connectivity index (χ4n) is 2.19. The SMILES string of the molecule is Cc1cc(N2C[C@@H](C(=O)Cl)CC2=O)cc(C)c1I. The lowest BCUT2D eigenvalue weighted by atomic mass is 10.1. The maximum Gasteiger partial charge on any atom is 0.227 e. The number of hydrogen-bond donors (Lipinski definition) is 0. The van der Waals surface area contributed by atoms with Crippen molar-refractivity contribution < 1.29 is 9.59 Å². The van der Waals surface area contributed by atoms with Crippen molar-refractivity contribution in [2.45, 2.75) is 20.3 Å². The first kappa shape index (κ1) is 13.8. The van der Waals surface area contributed by atoms with Crippen molar-refractivity contribution in [2.75, 3.05) is 11.4 Å². The molecular formula is C13H13ClINO2. The third-order valence-electron chi connectivity index (χ3n) is 3.18. The van der Waals surface area contributed by atoms with Gasteiger partial charge in [0.05, 0.1) is 5.92 Å². The second-order valence-electron chi connectivity index (χ2n) is 4.60. The highest BCUT2D eigenvalue weighted by molar-refractivity contribution is 14.1. The number of carbonyl (C=O) groups is 2. The van der Waals surface area contributed by atoms with Crippen LogP contribution in [0.25, 0.3) is 0 Å². The molecule has 1 aliphatic heterocycles. The minimum atomic E-state index is -0.426. The van der Waals surface area contributed by atoms with Gasteiger partial charge < -0.3 is 4.90 Å². The average molecular weight is 378 g/mol. The highest BCUT2D eigenvalue weighted by Gasteiger charge is 2.34. The average Bonchev–Trinajstić information content (AvgIpc) is 2.68. The third kappa shape index (κ3) is 2.54. The van der Waals surface area contributed by atoms with Crippen LogP contribution in [-0.2, 0) is 9.59 Å². The van der Waals surface area contributed by atoms with Crippen LogP contribution in [0.1, 0.15) is 17.5 Å². The summed E-state index contributed by atoms with van der Waals surface area (Å²) in [7, 11) is 0. The highest BCUT2D eigenvalue weighted by Crippen LogP contribution is 2.30. The standard InChI is InChI=1S/C13H13ClINO2/c1-7-3-10(4-8(2)12(7)15)16-6-9(13(14)18)5-11(16)17/h3-4,9H,5-6H2,1-2H3/t9-/m0/s1. The fraction of sp³-hybridized carbons (Fsp3) is 0.385. The molecular weight excluding hydrogens is 365 g/mol. The molecule has 1 heterocycles. The molecule has 1 atom stereocenters. The Morgan fingerprint density at radius 2 is 1.94 bits per heavy atom. The summed E-state index contributed by atoms with van der Waals surface area (Å²) >= 11 is 7.76. The zero-order valence-electron chi connectivity index (χ0n) is 10.2. The molecule has 0 spiro atoms. The van der Waals surface area contributed by atoms with Crippen LogP contribution >= 0.6 is 34.2 Å². The van der Waals surface area contributed by atoms with Gasteiger partial charge in [-0.15, -0.1) is 0 Å². The molecule has 1 saturated heterocycles. The molecule has 2 rings (SSSR count). The van der Waals surface area contributed by atoms with Crippen molar-refractivity contribution in [3.05, 3.63) is 26.8 Å². The van der Waals surface area contributed by atoms with Crippen molar-refractivity contribution >= 4 is 51.0 Å². The molecule has 0 saturated carbocycles. The summed E-state index contributed by atoms with van der Waals surface area (Å²) in [5.41, 5.74) is 3.13. The van der Waals surface area contributed by atoms with Gasteiger partial charge in [-0.25, -0.2) is 0 Å². The van der Waals surface area contributed by atoms with Gasteiger partial charge in [0.15, 0.2) is 0 Å². The Morgan fingerprint density at radius 1 is 1.39 bits per heavy atom. The van der Waals surface area contributed by atoms with Crippen molar-refractivity contribution in [2.24, 2.45) is 5.92 Å². The van der Waals surface area contributed by atoms with E-state index in [1.165, 1.54) is 3.57 Å². The van der Waals surface area contributed by atoms with Gasteiger partial charge in [0.2, 0.25) is 11.1 Å². The molecule has 3 nitrogen and oxygen atoms in total. The van der Waals surface area contributed by atoms with Crippen LogP contribution in [0.5, 0.6) is 0 Å². The number of rotatable bonds is 2. The molecule has 1 aromatic carbocycles. The van der Waals surface area contributed by atoms with Crippen LogP contribution in [0.3, 0.4) is 0 Å². The number of aryl methyl sites for hydroxylation is 2. The quantitative estimate of drug-likeness (QED) is 0.587. The molecule has 0 N–H and O–H groups in total. The number of hydrogen-bond acceptors (Lipinski definition) is 2. The molecule has 0 aliphatic carbocycles. The van der Waals surface area contributed by atoms with Crippen LogP contribution in [0.4, 0.5) is 5.69 Å². The maximum atomic E-state index is 11.9. The molecule has 1 aliphatic rings. The molecule has 0 bridgehead atoms. The van der Waals surface area contributed by atoms with E-state index in [9.17, 15) is 9.59 Å². The minimum Gasteiger partial charge on any atom is -0.312 e. The number of amides is 1. The lowest BCUT2D eigenvalue weighted by Crippen LogP contribution is -2.25. The topological polar surface area (TPSA) is 37.4 Å². The van der Waals surface area contributed by atoms with E-state index < -0.39 is 5.24 Å². The van der Waals surface area contributed by atoms with E-state index in [0.29, 0.717) is 6.54 Å². The molecule has 0 aromatic heterocycles. The summed E-state index contributed by atoms with van der Waals surface area (Å²) in [5.74, 6) is -0.409. The second kappa shape index (κ2) is 5.17. The van der Waals surface area contributed by atoms with Gasteiger partial charge in [0.1, 0.15) is 0 Å². The van der Waals surface area contributed by atoms with Crippen molar-refractivity contribution in [3.8, 4) is 0 Å². The minimum absolute atomic E-state index is 0.0333. The summed E-state index contributed by atoms with van der Waals surface area (Å²) in [5, 5.41) is -0.426. The van der Waals surface area contributed by atoms with Gasteiger partial charge in [-0.3, -0.25) is 9.59 Å². The Balaban J connectivity index is 2.33. The van der Waals surface area contributed by atoms with Crippen LogP contribution in [-0.4, -0.2) is 17.7 Å². The Kier molecular flexibility index (Phi) is 3.96. The summed E-state index contributed by atoms with van der Waals surface area (Å²) in [4.78, 5) is 24.7. The Bertz CT molecular complexity index is 507. The number of nitrogens with zero attached hydrogens (tertiary/aromatic N) is 1. The highest BCUT2D eigenvalue weighted by atomic mass is 127. The summed E-state index contributed by atoms with van der Waals surface area (Å²) in [6, 6.07) is 3.96. The number of benzene rings is 1. The van der Waals surface area contributed by atoms with Crippen LogP contribution in [0, 0.1) is 23.3 Å². The lowest BCUT2D eigenvalue weighted by Gasteiger charge is -2.18. The van der Waals surface area contributed by atoms with Gasteiger partial charge in [-0.05, 0) is 71.3 Å². The van der Waals surface area contributed by atoms with Gasteiger partial charge in [-0.1, -0.05) is 0 Å². The molecule has 0 radical (unpaired) electrons. The van der Waals surface area contributed by atoms with E-state index in [1.54, 1.807) is 4.90 Å². The molecule has 18 heavy (non-hydrogen) atoms. The first-order chi connectivity index (χ1) is 8.40. The number of anilines is 1. The number of carbonyl (C=O) groups excluding carboxylic acids is 2. The molecule has 1 fully saturated rings. The second-order valence-corrected chi connectivity index (χ2v) is 6.05. The maximum absolute atomic E-state index is 11.9. The van der Waals surface area contributed by atoms with E-state index >= 15 is 0 Å². The van der Waals surface area contributed by atoms with Gasteiger partial charge in [0.25, 0.3) is 0 Å². The van der Waals surface area contributed by atoms with Crippen molar-refractivity contribution in [1.29, 1.82) is 0 Å². The van der Waals surface area contributed by atoms with Crippen molar-refractivity contribution in [1.82, 2.24) is 0 Å². The molecule has 1 aromatic rings. The lowest BCUT2D eigenvalue weighted by molar-refractivity contribution is -0.120. The zero-order chi connectivity index (χ0) is 13.4. The summed E-state index contributed by atoms with van der Waals surface area (Å²) < 4.78 is 1.20. The normalized spacial score (nSPS) is 19.4. The number of halogens is 2. The van der Waals surface area contributed by atoms with E-state index in [-0.39, 0.29) is 18.2 Å². The van der Waals surface area contributed by atoms with Gasteiger partial charge >= 0.3 is 0 Å².